The van der Waals surface area contributed by atoms with Gasteiger partial charge in [-0.3, -0.25) is 10.1 Å². The summed E-state index contributed by atoms with van der Waals surface area (Å²) in [6.45, 7) is 2.53. The highest BCUT2D eigenvalue weighted by Gasteiger charge is 2.19. The van der Waals surface area contributed by atoms with E-state index in [0.29, 0.717) is 18.2 Å². The van der Waals surface area contributed by atoms with Crippen molar-refractivity contribution in [1.82, 2.24) is 30.8 Å². The van der Waals surface area contributed by atoms with E-state index in [-0.39, 0.29) is 0 Å². The molecule has 0 saturated heterocycles. The van der Waals surface area contributed by atoms with Crippen LogP contribution in [0.1, 0.15) is 6.92 Å². The third-order valence-electron chi connectivity index (χ3n) is 1.96. The minimum absolute atomic E-state index is 0.400. The number of nitrogens with one attached hydrogen (secondary N) is 2. The van der Waals surface area contributed by atoms with Crippen molar-refractivity contribution >= 4 is 23.7 Å². The Kier molecular flexibility index (Phi) is 5.52. The van der Waals surface area contributed by atoms with Crippen molar-refractivity contribution in [2.45, 2.75) is 23.9 Å². The van der Waals surface area contributed by atoms with E-state index in [1.807, 2.05) is 0 Å². The van der Waals surface area contributed by atoms with Crippen molar-refractivity contribution in [3.8, 4) is 0 Å². The lowest BCUT2D eigenvalue weighted by atomic mass is 10.4. The number of nitrogens with zero attached hydrogens (tertiary/aromatic N) is 4. The number of hydrogen-bond acceptors (Lipinski definition) is 7. The lowest BCUT2D eigenvalue weighted by molar-refractivity contribution is -0.119. The number of imide groups is 1. The topological polar surface area (TPSA) is 128 Å². The molecule has 0 fully saturated rings. The molecule has 0 aromatic carbocycles. The Hall–Kier alpha value is -1.68. The van der Waals surface area contributed by atoms with Crippen LogP contribution < -0.4 is 16.4 Å². The van der Waals surface area contributed by atoms with Crippen LogP contribution in [0, 0.1) is 0 Å². The van der Waals surface area contributed by atoms with E-state index >= 15 is 0 Å². The zero-order chi connectivity index (χ0) is 13.5. The number of carbonyl (C=O) groups excluding carboxylic acids is 2. The van der Waals surface area contributed by atoms with Gasteiger partial charge in [0.05, 0.1) is 11.8 Å². The summed E-state index contributed by atoms with van der Waals surface area (Å²) in [6, 6.07) is -0.547. The van der Waals surface area contributed by atoms with Gasteiger partial charge in [-0.2, -0.15) is 0 Å². The zero-order valence-electron chi connectivity index (χ0n) is 10.1. The zero-order valence-corrected chi connectivity index (χ0v) is 10.9. The monoisotopic (exact) mass is 273 g/mol. The molecule has 100 valence electrons. The summed E-state index contributed by atoms with van der Waals surface area (Å²) in [5.74, 6) is -0.415. The van der Waals surface area contributed by atoms with E-state index < -0.39 is 17.2 Å². The molecule has 0 aliphatic heterocycles. The van der Waals surface area contributed by atoms with Crippen molar-refractivity contribution in [3.63, 3.8) is 0 Å². The van der Waals surface area contributed by atoms with Crippen molar-refractivity contribution in [1.29, 1.82) is 0 Å². The van der Waals surface area contributed by atoms with Gasteiger partial charge < -0.3 is 11.1 Å². The molecule has 0 radical (unpaired) electrons. The first-order valence-electron chi connectivity index (χ1n) is 5.24. The third kappa shape index (κ3) is 3.96. The molecule has 1 rings (SSSR count). The molecule has 0 bridgehead atoms. The number of urea groups is 1. The second kappa shape index (κ2) is 6.91. The van der Waals surface area contributed by atoms with Gasteiger partial charge in [-0.15, -0.1) is 5.10 Å². The Morgan fingerprint density at radius 3 is 2.89 bits per heavy atom. The van der Waals surface area contributed by atoms with Gasteiger partial charge in [-0.25, -0.2) is 9.48 Å². The lowest BCUT2D eigenvalue weighted by Crippen LogP contribution is -2.41. The first-order valence-corrected chi connectivity index (χ1v) is 6.12. The summed E-state index contributed by atoms with van der Waals surface area (Å²) in [5.41, 5.74) is 5.41. The van der Waals surface area contributed by atoms with Gasteiger partial charge in [-0.1, -0.05) is 11.8 Å². The smallest absolute Gasteiger partial charge is 0.321 e. The summed E-state index contributed by atoms with van der Waals surface area (Å²) in [4.78, 5) is 22.6. The molecule has 1 heterocycles. The van der Waals surface area contributed by atoms with E-state index in [1.54, 1.807) is 6.92 Å². The first-order chi connectivity index (χ1) is 8.58. The fourth-order valence-corrected chi connectivity index (χ4v) is 1.85. The van der Waals surface area contributed by atoms with Crippen molar-refractivity contribution < 1.29 is 9.59 Å². The summed E-state index contributed by atoms with van der Waals surface area (Å²) in [5, 5.41) is 15.5. The van der Waals surface area contributed by atoms with Crippen molar-refractivity contribution in [3.05, 3.63) is 0 Å². The third-order valence-corrected chi connectivity index (χ3v) is 3.03. The molecule has 4 N–H and O–H groups in total. The molecule has 1 aromatic heterocycles. The quantitative estimate of drug-likeness (QED) is 0.561. The number of rotatable bonds is 5. The Labute approximate surface area is 108 Å². The highest BCUT2D eigenvalue weighted by atomic mass is 32.2. The number of tetrazole rings is 1. The predicted molar refractivity (Wildman–Crippen MR) is 64.8 cm³/mol. The molecule has 0 aliphatic rings. The van der Waals surface area contributed by atoms with Crippen LogP contribution in [-0.4, -0.2) is 51.0 Å². The minimum Gasteiger partial charge on any atom is -0.341 e. The maximum Gasteiger partial charge on any atom is 0.321 e. The van der Waals surface area contributed by atoms with Gasteiger partial charge in [0.2, 0.25) is 11.1 Å². The predicted octanol–water partition coefficient (Wildman–Crippen LogP) is -1.43. The summed E-state index contributed by atoms with van der Waals surface area (Å²) in [6.07, 6.45) is 0. The Balaban J connectivity index is 2.58. The normalized spacial score (nSPS) is 11.9. The Morgan fingerprint density at radius 1 is 1.56 bits per heavy atom. The van der Waals surface area contributed by atoms with E-state index in [9.17, 15) is 9.59 Å². The van der Waals surface area contributed by atoms with Crippen LogP contribution in [-0.2, 0) is 11.3 Å². The molecule has 10 heteroatoms. The highest BCUT2D eigenvalue weighted by Crippen LogP contribution is 2.19. The van der Waals surface area contributed by atoms with Crippen LogP contribution in [0.2, 0.25) is 0 Å². The second-order valence-electron chi connectivity index (χ2n) is 3.30. The minimum atomic E-state index is -0.547. The molecule has 3 amide bonds. The molecule has 9 nitrogen and oxygen atoms in total. The molecule has 0 saturated carbocycles. The largest absolute Gasteiger partial charge is 0.341 e. The van der Waals surface area contributed by atoms with E-state index in [0.717, 1.165) is 11.8 Å². The maximum absolute atomic E-state index is 11.6. The Bertz CT molecular complexity index is 421. The van der Waals surface area contributed by atoms with E-state index in [2.05, 4.69) is 26.2 Å². The fraction of sp³-hybridized carbons (Fsp3) is 0.625. The van der Waals surface area contributed by atoms with Gasteiger partial charge in [-0.05, 0) is 17.4 Å². The molecular formula is C8H15N7O2S. The molecule has 1 aromatic rings. The van der Waals surface area contributed by atoms with Crippen LogP contribution in [0.3, 0.4) is 0 Å². The number of aromatic nitrogens is 4. The van der Waals surface area contributed by atoms with Crippen LogP contribution >= 0.6 is 11.8 Å². The molecule has 18 heavy (non-hydrogen) atoms. The number of hydrogen-bond donors (Lipinski definition) is 3. The highest BCUT2D eigenvalue weighted by molar-refractivity contribution is 8.00. The van der Waals surface area contributed by atoms with Crippen LogP contribution in [0.25, 0.3) is 0 Å². The molecular weight excluding hydrogens is 258 g/mol. The van der Waals surface area contributed by atoms with Gasteiger partial charge in [0.15, 0.2) is 0 Å². The standard InChI is InChI=1S/C8H15N7O2S/c1-5(6(16)11-7(17)10-2)18-8-12-13-14-15(8)4-3-9/h5H,3-4,9H2,1-2H3,(H2,10,11,16,17). The fourth-order valence-electron chi connectivity index (χ4n) is 1.03. The van der Waals surface area contributed by atoms with Gasteiger partial charge >= 0.3 is 6.03 Å². The maximum atomic E-state index is 11.6. The SMILES string of the molecule is CNC(=O)NC(=O)C(C)Sc1nnnn1CCN. The van der Waals surface area contributed by atoms with Gasteiger partial charge in [0, 0.05) is 13.6 Å². The van der Waals surface area contributed by atoms with Crippen LogP contribution in [0.4, 0.5) is 4.79 Å². The van der Waals surface area contributed by atoms with Crippen LogP contribution in [0.15, 0.2) is 5.16 Å². The molecule has 0 aliphatic carbocycles. The summed E-state index contributed by atoms with van der Waals surface area (Å²) < 4.78 is 1.51. The van der Waals surface area contributed by atoms with Gasteiger partial charge in [0.25, 0.3) is 0 Å². The van der Waals surface area contributed by atoms with Gasteiger partial charge in [0.1, 0.15) is 0 Å². The number of amides is 3. The average molecular weight is 273 g/mol. The number of nitrogens with two attached hydrogens (primary N) is 1. The van der Waals surface area contributed by atoms with Crippen molar-refractivity contribution in [2.75, 3.05) is 13.6 Å². The average Bonchev–Trinajstić information content (AvgIpc) is 2.77. The summed E-state index contributed by atoms with van der Waals surface area (Å²) >= 11 is 1.16. The summed E-state index contributed by atoms with van der Waals surface area (Å²) in [7, 11) is 1.43. The molecule has 0 spiro atoms. The van der Waals surface area contributed by atoms with E-state index in [1.165, 1.54) is 11.7 Å². The molecule has 1 unspecified atom stereocenters. The number of carbonyl (C=O) groups is 2. The van der Waals surface area contributed by atoms with Crippen LogP contribution in [0.5, 0.6) is 0 Å². The second-order valence-corrected chi connectivity index (χ2v) is 4.61. The lowest BCUT2D eigenvalue weighted by Gasteiger charge is -2.10. The Morgan fingerprint density at radius 2 is 2.28 bits per heavy atom. The number of thioether (sulfide) groups is 1. The van der Waals surface area contributed by atoms with Crippen molar-refractivity contribution in [2.24, 2.45) is 5.73 Å². The first kappa shape index (κ1) is 14.4. The molecule has 1 atom stereocenters. The van der Waals surface area contributed by atoms with E-state index in [4.69, 9.17) is 5.73 Å².